The predicted octanol–water partition coefficient (Wildman–Crippen LogP) is 4.38. The maximum atomic E-state index is 6.21. The third-order valence-electron chi connectivity index (χ3n) is 3.02. The number of aryl methyl sites for hydroxylation is 1. The van der Waals surface area contributed by atoms with Gasteiger partial charge in [0.05, 0.1) is 0 Å². The summed E-state index contributed by atoms with van der Waals surface area (Å²) < 4.78 is 0. The van der Waals surface area contributed by atoms with Crippen molar-refractivity contribution in [2.45, 2.75) is 26.8 Å². The summed E-state index contributed by atoms with van der Waals surface area (Å²) >= 11 is 1.82. The van der Waals surface area contributed by atoms with E-state index in [-0.39, 0.29) is 6.04 Å². The molecule has 0 amide bonds. The van der Waals surface area contributed by atoms with Crippen LogP contribution in [0.2, 0.25) is 0 Å². The Morgan fingerprint density at radius 1 is 1.12 bits per heavy atom. The summed E-state index contributed by atoms with van der Waals surface area (Å²) in [5.74, 6) is 0.483. The van der Waals surface area contributed by atoms with Gasteiger partial charge in [0.1, 0.15) is 0 Å². The molecule has 2 heteroatoms. The van der Waals surface area contributed by atoms with E-state index in [1.54, 1.807) is 0 Å². The SMILES string of the molecule is Cc1cc(C(N)C(C)C)sc1-c1ccccc1. The van der Waals surface area contributed by atoms with Crippen molar-refractivity contribution in [1.82, 2.24) is 0 Å². The summed E-state index contributed by atoms with van der Waals surface area (Å²) in [4.78, 5) is 2.63. The van der Waals surface area contributed by atoms with Gasteiger partial charge in [-0.3, -0.25) is 0 Å². The highest BCUT2D eigenvalue weighted by atomic mass is 32.1. The Morgan fingerprint density at radius 2 is 1.76 bits per heavy atom. The van der Waals surface area contributed by atoms with Gasteiger partial charge in [-0.25, -0.2) is 0 Å². The van der Waals surface area contributed by atoms with Gasteiger partial charge in [0, 0.05) is 15.8 Å². The number of rotatable bonds is 3. The molecule has 1 atom stereocenters. The fourth-order valence-corrected chi connectivity index (χ4v) is 3.23. The first kappa shape index (κ1) is 12.3. The molecule has 2 aromatic rings. The highest BCUT2D eigenvalue weighted by molar-refractivity contribution is 7.15. The molecule has 1 unspecified atom stereocenters. The second kappa shape index (κ2) is 5.03. The van der Waals surface area contributed by atoms with Gasteiger partial charge in [0.2, 0.25) is 0 Å². The van der Waals surface area contributed by atoms with Crippen LogP contribution in [0.1, 0.15) is 30.3 Å². The summed E-state index contributed by atoms with van der Waals surface area (Å²) in [5.41, 5.74) is 8.82. The van der Waals surface area contributed by atoms with Crippen LogP contribution >= 0.6 is 11.3 Å². The lowest BCUT2D eigenvalue weighted by molar-refractivity contribution is 0.521. The molecular formula is C15H19NS. The van der Waals surface area contributed by atoms with Crippen LogP contribution in [-0.4, -0.2) is 0 Å². The standard InChI is InChI=1S/C15H19NS/c1-10(2)14(16)13-9-11(3)15(17-13)12-7-5-4-6-8-12/h4-10,14H,16H2,1-3H3. The second-order valence-electron chi connectivity index (χ2n) is 4.80. The van der Waals surface area contributed by atoms with Gasteiger partial charge in [0.25, 0.3) is 0 Å². The minimum Gasteiger partial charge on any atom is -0.323 e. The van der Waals surface area contributed by atoms with E-state index in [1.807, 2.05) is 17.4 Å². The van der Waals surface area contributed by atoms with E-state index in [0.29, 0.717) is 5.92 Å². The lowest BCUT2D eigenvalue weighted by atomic mass is 10.0. The molecule has 1 aromatic carbocycles. The molecule has 0 spiro atoms. The van der Waals surface area contributed by atoms with Crippen molar-refractivity contribution in [3.05, 3.63) is 46.8 Å². The fourth-order valence-electron chi connectivity index (χ4n) is 1.88. The maximum absolute atomic E-state index is 6.21. The van der Waals surface area contributed by atoms with Crippen LogP contribution in [0.4, 0.5) is 0 Å². The van der Waals surface area contributed by atoms with Gasteiger partial charge < -0.3 is 5.73 Å². The van der Waals surface area contributed by atoms with Crippen LogP contribution < -0.4 is 5.73 Å². The first-order valence-corrected chi connectivity index (χ1v) is 6.82. The molecule has 17 heavy (non-hydrogen) atoms. The van der Waals surface area contributed by atoms with Crippen molar-refractivity contribution in [3.63, 3.8) is 0 Å². The molecule has 0 fully saturated rings. The van der Waals surface area contributed by atoms with Crippen LogP contribution in [0, 0.1) is 12.8 Å². The molecule has 2 N–H and O–H groups in total. The summed E-state index contributed by atoms with van der Waals surface area (Å²) in [6.07, 6.45) is 0. The van der Waals surface area contributed by atoms with Gasteiger partial charge in [-0.2, -0.15) is 0 Å². The third-order valence-corrected chi connectivity index (χ3v) is 4.41. The number of benzene rings is 1. The summed E-state index contributed by atoms with van der Waals surface area (Å²) in [5, 5.41) is 0. The average Bonchev–Trinajstić information content (AvgIpc) is 2.71. The first-order valence-electron chi connectivity index (χ1n) is 6.01. The molecule has 0 saturated carbocycles. The third kappa shape index (κ3) is 2.59. The zero-order chi connectivity index (χ0) is 12.4. The van der Waals surface area contributed by atoms with E-state index >= 15 is 0 Å². The second-order valence-corrected chi connectivity index (χ2v) is 5.88. The fraction of sp³-hybridized carbons (Fsp3) is 0.333. The zero-order valence-electron chi connectivity index (χ0n) is 10.6. The first-order chi connectivity index (χ1) is 8.09. The van der Waals surface area contributed by atoms with Crippen LogP contribution in [0.5, 0.6) is 0 Å². The number of thiophene rings is 1. The molecule has 0 aliphatic carbocycles. The number of hydrogen-bond donors (Lipinski definition) is 1. The molecule has 0 aliphatic rings. The highest BCUT2D eigenvalue weighted by Gasteiger charge is 2.15. The van der Waals surface area contributed by atoms with Crippen molar-refractivity contribution in [2.24, 2.45) is 11.7 Å². The molecule has 1 aromatic heterocycles. The van der Waals surface area contributed by atoms with Gasteiger partial charge >= 0.3 is 0 Å². The topological polar surface area (TPSA) is 26.0 Å². The molecule has 0 saturated heterocycles. The van der Waals surface area contributed by atoms with Crippen LogP contribution in [0.3, 0.4) is 0 Å². The minimum absolute atomic E-state index is 0.149. The quantitative estimate of drug-likeness (QED) is 0.853. The average molecular weight is 245 g/mol. The van der Waals surface area contributed by atoms with E-state index in [0.717, 1.165) is 0 Å². The van der Waals surface area contributed by atoms with Crippen LogP contribution in [0.15, 0.2) is 36.4 Å². The monoisotopic (exact) mass is 245 g/mol. The Bertz CT molecular complexity index is 485. The lowest BCUT2D eigenvalue weighted by Gasteiger charge is -2.12. The van der Waals surface area contributed by atoms with Gasteiger partial charge in [0.15, 0.2) is 0 Å². The molecule has 2 rings (SSSR count). The summed E-state index contributed by atoms with van der Waals surface area (Å²) in [6.45, 7) is 6.50. The van der Waals surface area contributed by atoms with Gasteiger partial charge in [-0.15, -0.1) is 11.3 Å². The number of hydrogen-bond acceptors (Lipinski definition) is 2. The van der Waals surface area contributed by atoms with Gasteiger partial charge in [-0.1, -0.05) is 44.2 Å². The lowest BCUT2D eigenvalue weighted by Crippen LogP contribution is -2.14. The molecule has 90 valence electrons. The Morgan fingerprint density at radius 3 is 2.35 bits per heavy atom. The highest BCUT2D eigenvalue weighted by Crippen LogP contribution is 2.36. The van der Waals surface area contributed by atoms with Crippen LogP contribution in [-0.2, 0) is 0 Å². The van der Waals surface area contributed by atoms with E-state index < -0.39 is 0 Å². The molecule has 0 bridgehead atoms. The predicted molar refractivity (Wildman–Crippen MR) is 76.3 cm³/mol. The number of nitrogens with two attached hydrogens (primary N) is 1. The van der Waals surface area contributed by atoms with E-state index in [1.165, 1.54) is 20.9 Å². The smallest absolute Gasteiger partial charge is 0.0413 e. The van der Waals surface area contributed by atoms with Crippen molar-refractivity contribution >= 4 is 11.3 Å². The van der Waals surface area contributed by atoms with Crippen molar-refractivity contribution < 1.29 is 0 Å². The van der Waals surface area contributed by atoms with Crippen LogP contribution in [0.25, 0.3) is 10.4 Å². The van der Waals surface area contributed by atoms with Crippen molar-refractivity contribution in [3.8, 4) is 10.4 Å². The van der Waals surface area contributed by atoms with E-state index in [9.17, 15) is 0 Å². The Hall–Kier alpha value is -1.12. The molecule has 0 aliphatic heterocycles. The molecule has 1 nitrogen and oxygen atoms in total. The largest absolute Gasteiger partial charge is 0.323 e. The molecule has 0 radical (unpaired) electrons. The van der Waals surface area contributed by atoms with Crippen molar-refractivity contribution in [1.29, 1.82) is 0 Å². The molecular weight excluding hydrogens is 226 g/mol. The van der Waals surface area contributed by atoms with Crippen molar-refractivity contribution in [2.75, 3.05) is 0 Å². The van der Waals surface area contributed by atoms with Gasteiger partial charge in [-0.05, 0) is 30.0 Å². The normalized spacial score (nSPS) is 13.0. The zero-order valence-corrected chi connectivity index (χ0v) is 11.4. The molecule has 1 heterocycles. The Labute approximate surface area is 107 Å². The van der Waals surface area contributed by atoms with E-state index in [4.69, 9.17) is 5.73 Å². The summed E-state index contributed by atoms with van der Waals surface area (Å²) in [7, 11) is 0. The Balaban J connectivity index is 2.38. The minimum atomic E-state index is 0.149. The Kier molecular flexibility index (Phi) is 3.65. The van der Waals surface area contributed by atoms with E-state index in [2.05, 4.69) is 51.1 Å². The maximum Gasteiger partial charge on any atom is 0.0413 e. The summed E-state index contributed by atoms with van der Waals surface area (Å²) in [6, 6.07) is 12.9.